The van der Waals surface area contributed by atoms with Gasteiger partial charge in [-0.1, -0.05) is 56.6 Å². The first kappa shape index (κ1) is 25.4. The number of rotatable bonds is 6. The van der Waals surface area contributed by atoms with Gasteiger partial charge >= 0.3 is 0 Å². The Hall–Kier alpha value is -0.900. The molecule has 3 fully saturated rings. The topological polar surface area (TPSA) is 72.0 Å². The van der Waals surface area contributed by atoms with Gasteiger partial charge in [-0.2, -0.15) is 0 Å². The van der Waals surface area contributed by atoms with Gasteiger partial charge in [0.25, 0.3) is 0 Å². The molecule has 0 heterocycles. The first-order valence-electron chi connectivity index (χ1n) is 12.1. The van der Waals surface area contributed by atoms with Crippen LogP contribution < -0.4 is 0 Å². The van der Waals surface area contributed by atoms with Crippen molar-refractivity contribution < 1.29 is 15.7 Å². The second kappa shape index (κ2) is 10.1. The van der Waals surface area contributed by atoms with Gasteiger partial charge in [-0.3, -0.25) is 0 Å². The lowest BCUT2D eigenvalue weighted by molar-refractivity contribution is 0.0596. The molecule has 0 aromatic rings. The Labute approximate surface area is 184 Å². The van der Waals surface area contributed by atoms with Crippen molar-refractivity contribution in [3.05, 3.63) is 35.5 Å². The van der Waals surface area contributed by atoms with Crippen molar-refractivity contribution in [2.75, 3.05) is 0 Å². The van der Waals surface area contributed by atoms with Crippen LogP contribution in [-0.4, -0.2) is 27.4 Å². The van der Waals surface area contributed by atoms with E-state index in [9.17, 15) is 10.2 Å². The summed E-state index contributed by atoms with van der Waals surface area (Å²) in [4.78, 5) is 0. The first-order valence-corrected chi connectivity index (χ1v) is 12.1. The minimum Gasteiger partial charge on any atom is -0.412 e. The van der Waals surface area contributed by atoms with E-state index >= 15 is 0 Å². The maximum atomic E-state index is 10.0. The Balaban J connectivity index is 0.00000320. The van der Waals surface area contributed by atoms with Gasteiger partial charge in [0, 0.05) is 0 Å². The molecule has 4 N–H and O–H groups in total. The summed E-state index contributed by atoms with van der Waals surface area (Å²) < 4.78 is 0. The second-order valence-electron chi connectivity index (χ2n) is 11.2. The van der Waals surface area contributed by atoms with Crippen molar-refractivity contribution in [3.63, 3.8) is 0 Å². The quantitative estimate of drug-likeness (QED) is 0.563. The van der Waals surface area contributed by atoms with Crippen molar-refractivity contribution in [3.8, 4) is 0 Å². The van der Waals surface area contributed by atoms with Crippen LogP contribution in [0.2, 0.25) is 0 Å². The Bertz CT molecular complexity index is 654. The molecule has 3 aliphatic rings. The molecule has 5 unspecified atom stereocenters. The Kier molecular flexibility index (Phi) is 8.58. The average molecular weight is 419 g/mol. The zero-order valence-corrected chi connectivity index (χ0v) is 19.8. The Morgan fingerprint density at radius 1 is 1.20 bits per heavy atom. The molecule has 0 radical (unpaired) electrons. The van der Waals surface area contributed by atoms with Gasteiger partial charge in [-0.25, -0.2) is 0 Å². The zero-order chi connectivity index (χ0) is 21.2. The van der Waals surface area contributed by atoms with E-state index in [4.69, 9.17) is 0 Å². The van der Waals surface area contributed by atoms with E-state index in [1.165, 1.54) is 49.7 Å². The highest BCUT2D eigenvalue weighted by Crippen LogP contribution is 2.60. The molecule has 0 aliphatic heterocycles. The molecule has 0 aromatic carbocycles. The Morgan fingerprint density at radius 3 is 2.63 bits per heavy atom. The fourth-order valence-electron chi connectivity index (χ4n) is 6.67. The SMILES string of the molecule is C=C1CCC(O)C/C1=C/C=C1\CCCC2(C)C1CCC2C(C)CCCC(C)(C)O.O. The van der Waals surface area contributed by atoms with Crippen LogP contribution in [0.4, 0.5) is 0 Å². The van der Waals surface area contributed by atoms with Gasteiger partial charge in [0.05, 0.1) is 11.7 Å². The molecule has 0 aromatic heterocycles. The lowest BCUT2D eigenvalue weighted by Crippen LogP contribution is -2.36. The minimum absolute atomic E-state index is 0. The van der Waals surface area contributed by atoms with Gasteiger partial charge in [-0.05, 0) is 100 Å². The molecule has 3 saturated carbocycles. The van der Waals surface area contributed by atoms with Crippen LogP contribution in [0.25, 0.3) is 0 Å². The Morgan fingerprint density at radius 2 is 1.93 bits per heavy atom. The van der Waals surface area contributed by atoms with E-state index in [-0.39, 0.29) is 11.6 Å². The van der Waals surface area contributed by atoms with Gasteiger partial charge in [-0.15, -0.1) is 0 Å². The van der Waals surface area contributed by atoms with E-state index in [1.54, 1.807) is 5.57 Å². The molecule has 3 heteroatoms. The third-order valence-corrected chi connectivity index (χ3v) is 8.36. The smallest absolute Gasteiger partial charge is 0.0591 e. The molecule has 3 nitrogen and oxygen atoms in total. The monoisotopic (exact) mass is 418 g/mol. The minimum atomic E-state index is -0.535. The maximum absolute atomic E-state index is 10.0. The lowest BCUT2D eigenvalue weighted by Gasteiger charge is -2.44. The fourth-order valence-corrected chi connectivity index (χ4v) is 6.67. The predicted molar refractivity (Wildman–Crippen MR) is 126 cm³/mol. The van der Waals surface area contributed by atoms with Gasteiger partial charge in [0.1, 0.15) is 0 Å². The van der Waals surface area contributed by atoms with Crippen molar-refractivity contribution in [1.29, 1.82) is 0 Å². The van der Waals surface area contributed by atoms with Crippen LogP contribution >= 0.6 is 0 Å². The third kappa shape index (κ3) is 5.87. The fraction of sp³-hybridized carbons (Fsp3) is 0.778. The molecule has 0 saturated heterocycles. The van der Waals surface area contributed by atoms with Crippen molar-refractivity contribution >= 4 is 0 Å². The zero-order valence-electron chi connectivity index (χ0n) is 19.8. The summed E-state index contributed by atoms with van der Waals surface area (Å²) in [5.74, 6) is 2.26. The molecule has 172 valence electrons. The van der Waals surface area contributed by atoms with Crippen molar-refractivity contribution in [1.82, 2.24) is 0 Å². The number of fused-ring (bicyclic) bond motifs is 1. The van der Waals surface area contributed by atoms with Gasteiger partial charge < -0.3 is 15.7 Å². The summed E-state index contributed by atoms with van der Waals surface area (Å²) in [6.07, 6.45) is 16.9. The number of aliphatic hydroxyl groups is 2. The highest BCUT2D eigenvalue weighted by Gasteiger charge is 2.50. The number of hydrogen-bond acceptors (Lipinski definition) is 2. The second-order valence-corrected chi connectivity index (χ2v) is 11.2. The molecule has 0 amide bonds. The highest BCUT2D eigenvalue weighted by molar-refractivity contribution is 5.36. The van der Waals surface area contributed by atoms with E-state index in [1.807, 2.05) is 13.8 Å². The third-order valence-electron chi connectivity index (χ3n) is 8.36. The summed E-state index contributed by atoms with van der Waals surface area (Å²) in [5.41, 5.74) is 4.02. The molecule has 0 bridgehead atoms. The predicted octanol–water partition coefficient (Wildman–Crippen LogP) is 5.91. The van der Waals surface area contributed by atoms with Crippen LogP contribution in [-0.2, 0) is 0 Å². The molecular weight excluding hydrogens is 372 g/mol. The number of allylic oxidation sites excluding steroid dienone is 4. The molecular formula is C27H46O3. The van der Waals surface area contributed by atoms with Gasteiger partial charge in [0.2, 0.25) is 0 Å². The molecule has 30 heavy (non-hydrogen) atoms. The molecule has 3 aliphatic carbocycles. The van der Waals surface area contributed by atoms with Gasteiger partial charge in [0.15, 0.2) is 0 Å². The molecule has 0 spiro atoms. The largest absolute Gasteiger partial charge is 0.412 e. The normalized spacial score (nSPS) is 35.9. The van der Waals surface area contributed by atoms with Crippen molar-refractivity contribution in [2.45, 2.75) is 110 Å². The van der Waals surface area contributed by atoms with Crippen molar-refractivity contribution in [2.24, 2.45) is 23.2 Å². The molecule has 3 rings (SSSR count). The van der Waals surface area contributed by atoms with Crippen LogP contribution in [0, 0.1) is 23.2 Å². The summed E-state index contributed by atoms with van der Waals surface area (Å²) in [6, 6.07) is 0. The first-order chi connectivity index (χ1) is 13.6. The highest BCUT2D eigenvalue weighted by atomic mass is 16.3. The standard InChI is InChI=1S/C27H44O2.H2O/c1-19-10-13-23(28)18-22(19)12-11-21-9-7-17-27(5)24(14-15-25(21)27)20(2)8-6-16-26(3,4)29;/h11-12,20,23-25,28-29H,1,6-10,13-18H2,2-5H3;1H2/b21-11+,22-12-;. The van der Waals surface area contributed by atoms with E-state index in [0.29, 0.717) is 5.41 Å². The number of aliphatic hydroxyl groups excluding tert-OH is 1. The number of hydrogen-bond donors (Lipinski definition) is 2. The summed E-state index contributed by atoms with van der Waals surface area (Å²) in [6.45, 7) is 13.1. The van der Waals surface area contributed by atoms with Crippen LogP contribution in [0.5, 0.6) is 0 Å². The van der Waals surface area contributed by atoms with Crippen LogP contribution in [0.3, 0.4) is 0 Å². The molecule has 5 atom stereocenters. The average Bonchev–Trinajstić information content (AvgIpc) is 2.99. The summed E-state index contributed by atoms with van der Waals surface area (Å²) in [7, 11) is 0. The summed E-state index contributed by atoms with van der Waals surface area (Å²) >= 11 is 0. The summed E-state index contributed by atoms with van der Waals surface area (Å²) in [5, 5.41) is 20.1. The lowest BCUT2D eigenvalue weighted by atomic mass is 9.60. The van der Waals surface area contributed by atoms with E-state index in [0.717, 1.165) is 49.9 Å². The maximum Gasteiger partial charge on any atom is 0.0591 e. The van der Waals surface area contributed by atoms with E-state index < -0.39 is 5.60 Å². The van der Waals surface area contributed by atoms with Crippen LogP contribution in [0.1, 0.15) is 98.3 Å². The van der Waals surface area contributed by atoms with E-state index in [2.05, 4.69) is 32.6 Å². The van der Waals surface area contributed by atoms with Crippen LogP contribution in [0.15, 0.2) is 35.5 Å².